The van der Waals surface area contributed by atoms with Gasteiger partial charge in [0.1, 0.15) is 0 Å². The fourth-order valence-electron chi connectivity index (χ4n) is 1.18. The van der Waals surface area contributed by atoms with E-state index in [4.69, 9.17) is 10.5 Å². The summed E-state index contributed by atoms with van der Waals surface area (Å²) in [5.74, 6) is -1.78. The first-order valence-corrected chi connectivity index (χ1v) is 4.63. The molecule has 0 radical (unpaired) electrons. The molecule has 7 nitrogen and oxygen atoms in total. The Labute approximate surface area is 96.3 Å². The molecule has 7 heteroatoms. The molecule has 0 aliphatic heterocycles. The lowest BCUT2D eigenvalue weighted by Gasteiger charge is -2.12. The number of para-hydroxylation sites is 2. The molecule has 90 valence electrons. The molecule has 0 heterocycles. The van der Waals surface area contributed by atoms with Crippen LogP contribution in [0, 0.1) is 10.1 Å². The van der Waals surface area contributed by atoms with Crippen LogP contribution in [0.5, 0.6) is 5.75 Å². The third kappa shape index (κ3) is 3.00. The van der Waals surface area contributed by atoms with Gasteiger partial charge in [-0.1, -0.05) is 12.1 Å². The third-order valence-electron chi connectivity index (χ3n) is 1.93. The number of nitro groups is 1. The van der Waals surface area contributed by atoms with Crippen molar-refractivity contribution < 1.29 is 19.2 Å². The van der Waals surface area contributed by atoms with Crippen molar-refractivity contribution in [3.05, 3.63) is 34.4 Å². The number of hydrogen-bond donors (Lipinski definition) is 1. The van der Waals surface area contributed by atoms with Gasteiger partial charge in [-0.2, -0.15) is 0 Å². The Morgan fingerprint density at radius 2 is 2.00 bits per heavy atom. The number of amides is 1. The van der Waals surface area contributed by atoms with Crippen molar-refractivity contribution in [2.45, 2.75) is 13.0 Å². The third-order valence-corrected chi connectivity index (χ3v) is 1.93. The van der Waals surface area contributed by atoms with Crippen LogP contribution in [0.15, 0.2) is 24.3 Å². The molecule has 0 bridgehead atoms. The van der Waals surface area contributed by atoms with Gasteiger partial charge in [0, 0.05) is 6.07 Å². The Kier molecular flexibility index (Phi) is 3.76. The Hall–Kier alpha value is -2.44. The van der Waals surface area contributed by atoms with E-state index in [1.165, 1.54) is 24.3 Å². The van der Waals surface area contributed by atoms with Gasteiger partial charge < -0.3 is 10.5 Å². The van der Waals surface area contributed by atoms with Crippen LogP contribution in [0.25, 0.3) is 0 Å². The summed E-state index contributed by atoms with van der Waals surface area (Å²) >= 11 is 0. The lowest BCUT2D eigenvalue weighted by Crippen LogP contribution is -2.39. The summed E-state index contributed by atoms with van der Waals surface area (Å²) in [6.07, 6.45) is -1.52. The standard InChI is InChI=1S/C10H10N2O5/c1-6(13)9(10(11)14)17-8-5-3-2-4-7(8)12(15)16/h2-5,9H,1H3,(H2,11,14). The van der Waals surface area contributed by atoms with Crippen molar-refractivity contribution in [3.8, 4) is 5.75 Å². The molecule has 1 rings (SSSR count). The molecular weight excluding hydrogens is 228 g/mol. The molecule has 1 aromatic carbocycles. The van der Waals surface area contributed by atoms with Crippen LogP contribution in [0.2, 0.25) is 0 Å². The predicted molar refractivity (Wildman–Crippen MR) is 57.4 cm³/mol. The normalized spacial score (nSPS) is 11.6. The fourth-order valence-corrected chi connectivity index (χ4v) is 1.18. The van der Waals surface area contributed by atoms with Crippen LogP contribution in [0.1, 0.15) is 6.92 Å². The number of ketones is 1. The first kappa shape index (κ1) is 12.6. The highest BCUT2D eigenvalue weighted by Gasteiger charge is 2.26. The van der Waals surface area contributed by atoms with Crippen molar-refractivity contribution in [1.29, 1.82) is 0 Å². The minimum atomic E-state index is -1.52. The molecule has 0 fully saturated rings. The molecule has 1 amide bonds. The van der Waals surface area contributed by atoms with Gasteiger partial charge in [-0.25, -0.2) is 0 Å². The summed E-state index contributed by atoms with van der Waals surface area (Å²) in [6, 6.07) is 5.42. The van der Waals surface area contributed by atoms with E-state index in [1.54, 1.807) is 0 Å². The zero-order valence-corrected chi connectivity index (χ0v) is 8.95. The number of primary amides is 1. The van der Waals surface area contributed by atoms with Gasteiger partial charge in [-0.15, -0.1) is 0 Å². The van der Waals surface area contributed by atoms with E-state index in [0.717, 1.165) is 6.92 Å². The number of Topliss-reactive ketones (excluding diaryl/α,β-unsaturated/α-hetero) is 1. The second kappa shape index (κ2) is 5.06. The SMILES string of the molecule is CC(=O)C(Oc1ccccc1[N+](=O)[O-])C(N)=O. The van der Waals surface area contributed by atoms with Gasteiger partial charge >= 0.3 is 5.69 Å². The number of nitro benzene ring substituents is 1. The van der Waals surface area contributed by atoms with E-state index in [-0.39, 0.29) is 11.4 Å². The van der Waals surface area contributed by atoms with E-state index in [1.807, 2.05) is 0 Å². The molecule has 1 aromatic rings. The van der Waals surface area contributed by atoms with Crippen LogP contribution in [0.4, 0.5) is 5.69 Å². The number of carbonyl (C=O) groups is 2. The number of benzene rings is 1. The second-order valence-electron chi connectivity index (χ2n) is 3.24. The first-order valence-electron chi connectivity index (χ1n) is 4.63. The average molecular weight is 238 g/mol. The zero-order chi connectivity index (χ0) is 13.0. The van der Waals surface area contributed by atoms with E-state index in [2.05, 4.69) is 0 Å². The lowest BCUT2D eigenvalue weighted by molar-refractivity contribution is -0.385. The summed E-state index contributed by atoms with van der Waals surface area (Å²) in [5, 5.41) is 10.7. The van der Waals surface area contributed by atoms with Crippen LogP contribution in [-0.4, -0.2) is 22.7 Å². The van der Waals surface area contributed by atoms with Gasteiger partial charge in [0.05, 0.1) is 4.92 Å². The predicted octanol–water partition coefficient (Wildman–Crippen LogP) is 0.416. The molecule has 0 aliphatic carbocycles. The molecule has 1 unspecified atom stereocenters. The molecule has 0 saturated heterocycles. The number of nitrogens with two attached hydrogens (primary N) is 1. The van der Waals surface area contributed by atoms with Crippen molar-refractivity contribution in [3.63, 3.8) is 0 Å². The molecule has 0 saturated carbocycles. The topological polar surface area (TPSA) is 113 Å². The maximum atomic E-state index is 11.1. The van der Waals surface area contributed by atoms with Gasteiger partial charge in [0.15, 0.2) is 11.5 Å². The van der Waals surface area contributed by atoms with Crippen molar-refractivity contribution in [2.75, 3.05) is 0 Å². The number of carbonyl (C=O) groups excluding carboxylic acids is 2. The van der Waals surface area contributed by atoms with E-state index in [9.17, 15) is 19.7 Å². The highest BCUT2D eigenvalue weighted by Crippen LogP contribution is 2.26. The summed E-state index contributed by atoms with van der Waals surface area (Å²) in [6.45, 7) is 1.12. The number of nitrogens with zero attached hydrogens (tertiary/aromatic N) is 1. The lowest BCUT2D eigenvalue weighted by atomic mass is 10.2. The van der Waals surface area contributed by atoms with Gasteiger partial charge in [-0.3, -0.25) is 19.7 Å². The van der Waals surface area contributed by atoms with Crippen molar-refractivity contribution >= 4 is 17.4 Å². The number of hydrogen-bond acceptors (Lipinski definition) is 5. The molecular formula is C10H10N2O5. The summed E-state index contributed by atoms with van der Waals surface area (Å²) in [7, 11) is 0. The highest BCUT2D eigenvalue weighted by atomic mass is 16.6. The minimum Gasteiger partial charge on any atom is -0.465 e. The van der Waals surface area contributed by atoms with Crippen molar-refractivity contribution in [1.82, 2.24) is 0 Å². The molecule has 2 N–H and O–H groups in total. The van der Waals surface area contributed by atoms with E-state index >= 15 is 0 Å². The van der Waals surface area contributed by atoms with Crippen molar-refractivity contribution in [2.24, 2.45) is 5.73 Å². The number of ether oxygens (including phenoxy) is 1. The largest absolute Gasteiger partial charge is 0.465 e. The quantitative estimate of drug-likeness (QED) is 0.453. The van der Waals surface area contributed by atoms with Gasteiger partial charge in [0.2, 0.25) is 6.10 Å². The average Bonchev–Trinajstić information content (AvgIpc) is 2.25. The molecule has 17 heavy (non-hydrogen) atoms. The molecule has 1 atom stereocenters. The Bertz CT molecular complexity index is 458. The molecule has 0 spiro atoms. The maximum absolute atomic E-state index is 11.1. The summed E-state index contributed by atoms with van der Waals surface area (Å²) < 4.78 is 4.96. The fraction of sp³-hybridized carbons (Fsp3) is 0.200. The summed E-state index contributed by atoms with van der Waals surface area (Å²) in [4.78, 5) is 32.0. The highest BCUT2D eigenvalue weighted by molar-refractivity contribution is 6.02. The Morgan fingerprint density at radius 1 is 1.41 bits per heavy atom. The van der Waals surface area contributed by atoms with Crippen LogP contribution >= 0.6 is 0 Å². The van der Waals surface area contributed by atoms with Gasteiger partial charge in [0.25, 0.3) is 5.91 Å². The maximum Gasteiger partial charge on any atom is 0.310 e. The van der Waals surface area contributed by atoms with E-state index in [0.29, 0.717) is 0 Å². The van der Waals surface area contributed by atoms with Crippen LogP contribution in [0.3, 0.4) is 0 Å². The smallest absolute Gasteiger partial charge is 0.310 e. The van der Waals surface area contributed by atoms with Crippen LogP contribution in [-0.2, 0) is 9.59 Å². The Balaban J connectivity index is 3.05. The van der Waals surface area contributed by atoms with E-state index < -0.39 is 22.7 Å². The van der Waals surface area contributed by atoms with Crippen LogP contribution < -0.4 is 10.5 Å². The molecule has 0 aliphatic rings. The Morgan fingerprint density at radius 3 is 2.47 bits per heavy atom. The second-order valence-corrected chi connectivity index (χ2v) is 3.24. The first-order chi connectivity index (χ1) is 7.93. The van der Waals surface area contributed by atoms with Gasteiger partial charge in [-0.05, 0) is 13.0 Å². The number of rotatable bonds is 5. The molecule has 0 aromatic heterocycles. The summed E-state index contributed by atoms with van der Waals surface area (Å²) in [5.41, 5.74) is 4.62. The monoisotopic (exact) mass is 238 g/mol. The zero-order valence-electron chi connectivity index (χ0n) is 8.95. The minimum absolute atomic E-state index is 0.170.